The molecule has 1 saturated carbocycles. The van der Waals surface area contributed by atoms with E-state index in [1.807, 2.05) is 0 Å². The quantitative estimate of drug-likeness (QED) is 0.791. The average Bonchev–Trinajstić information content (AvgIpc) is 3.10. The average molecular weight is 233 g/mol. The third kappa shape index (κ3) is 3.83. The Balaban J connectivity index is 1.99. The molecule has 17 heavy (non-hydrogen) atoms. The van der Waals surface area contributed by atoms with Crippen molar-refractivity contribution < 1.29 is 5.11 Å². The van der Waals surface area contributed by atoms with Crippen LogP contribution in [0.4, 0.5) is 0 Å². The summed E-state index contributed by atoms with van der Waals surface area (Å²) in [7, 11) is 0. The summed E-state index contributed by atoms with van der Waals surface area (Å²) in [5.41, 5.74) is 2.58. The predicted molar refractivity (Wildman–Crippen MR) is 71.0 cm³/mol. The van der Waals surface area contributed by atoms with E-state index >= 15 is 0 Å². The molecule has 1 aromatic rings. The molecule has 1 aliphatic rings. The molecule has 1 unspecified atom stereocenters. The van der Waals surface area contributed by atoms with Crippen LogP contribution in [0, 0.1) is 5.92 Å². The summed E-state index contributed by atoms with van der Waals surface area (Å²) in [6, 6.07) is 9.40. The molecule has 2 rings (SSSR count). The minimum absolute atomic E-state index is 0.107. The van der Waals surface area contributed by atoms with Crippen molar-refractivity contribution in [2.45, 2.75) is 45.2 Å². The molecule has 0 amide bonds. The molecule has 1 fully saturated rings. The predicted octanol–water partition coefficient (Wildman–Crippen LogP) is 2.67. The summed E-state index contributed by atoms with van der Waals surface area (Å²) in [6.07, 6.45) is 3.63. The van der Waals surface area contributed by atoms with Crippen LogP contribution in [0.2, 0.25) is 0 Å². The zero-order chi connectivity index (χ0) is 12.3. The van der Waals surface area contributed by atoms with Crippen molar-refractivity contribution in [3.8, 4) is 0 Å². The fourth-order valence-electron chi connectivity index (χ4n) is 2.15. The Morgan fingerprint density at radius 1 is 1.24 bits per heavy atom. The lowest BCUT2D eigenvalue weighted by Gasteiger charge is -2.17. The fraction of sp³-hybridized carbons (Fsp3) is 0.600. The summed E-state index contributed by atoms with van der Waals surface area (Å²) < 4.78 is 0. The molecule has 1 aliphatic carbocycles. The van der Waals surface area contributed by atoms with E-state index in [4.69, 9.17) is 0 Å². The first-order valence-corrected chi connectivity index (χ1v) is 6.64. The van der Waals surface area contributed by atoms with Gasteiger partial charge in [0.2, 0.25) is 0 Å². The van der Waals surface area contributed by atoms with Gasteiger partial charge in [0.1, 0.15) is 0 Å². The summed E-state index contributed by atoms with van der Waals surface area (Å²) in [5, 5.41) is 12.9. The molecule has 0 spiro atoms. The highest BCUT2D eigenvalue weighted by molar-refractivity contribution is 5.25. The Labute approximate surface area is 104 Å². The fourth-order valence-corrected chi connectivity index (χ4v) is 2.15. The first kappa shape index (κ1) is 12.6. The lowest BCUT2D eigenvalue weighted by atomic mass is 9.99. The van der Waals surface area contributed by atoms with Gasteiger partial charge >= 0.3 is 0 Å². The molecule has 0 aromatic heterocycles. The van der Waals surface area contributed by atoms with Crippen molar-refractivity contribution in [1.29, 1.82) is 0 Å². The van der Waals surface area contributed by atoms with Gasteiger partial charge in [-0.25, -0.2) is 0 Å². The molecule has 2 N–H and O–H groups in total. The molecular formula is C15H23NO. The number of benzene rings is 1. The van der Waals surface area contributed by atoms with Crippen molar-refractivity contribution in [2.24, 2.45) is 5.92 Å². The number of hydrogen-bond donors (Lipinski definition) is 2. The van der Waals surface area contributed by atoms with Gasteiger partial charge in [-0.15, -0.1) is 0 Å². The maximum absolute atomic E-state index is 9.41. The van der Waals surface area contributed by atoms with Gasteiger partial charge in [-0.1, -0.05) is 38.1 Å². The maximum atomic E-state index is 9.41. The minimum Gasteiger partial charge on any atom is -0.394 e. The van der Waals surface area contributed by atoms with Crippen LogP contribution in [0.5, 0.6) is 0 Å². The lowest BCUT2D eigenvalue weighted by Crippen LogP contribution is -2.26. The first-order valence-electron chi connectivity index (χ1n) is 6.64. The SMILES string of the molecule is CC(C)Cc1ccc(C(CO)NC2CC2)cc1. The molecule has 1 atom stereocenters. The molecule has 2 nitrogen and oxygen atoms in total. The molecule has 0 radical (unpaired) electrons. The summed E-state index contributed by atoms with van der Waals surface area (Å²) in [4.78, 5) is 0. The smallest absolute Gasteiger partial charge is 0.0626 e. The first-order chi connectivity index (χ1) is 8.19. The standard InChI is InChI=1S/C15H23NO/c1-11(2)9-12-3-5-13(6-4-12)15(10-17)16-14-7-8-14/h3-6,11,14-17H,7-10H2,1-2H3. The maximum Gasteiger partial charge on any atom is 0.0626 e. The summed E-state index contributed by atoms with van der Waals surface area (Å²) >= 11 is 0. The Morgan fingerprint density at radius 3 is 2.35 bits per heavy atom. The number of rotatable bonds is 6. The molecule has 2 heteroatoms. The second kappa shape index (κ2) is 5.65. The molecule has 0 heterocycles. The van der Waals surface area contributed by atoms with E-state index in [0.29, 0.717) is 12.0 Å². The van der Waals surface area contributed by atoms with E-state index < -0.39 is 0 Å². The van der Waals surface area contributed by atoms with E-state index in [9.17, 15) is 5.11 Å². The van der Waals surface area contributed by atoms with Crippen LogP contribution in [0.3, 0.4) is 0 Å². The molecule has 0 aliphatic heterocycles. The van der Waals surface area contributed by atoms with Gasteiger partial charge in [-0.2, -0.15) is 0 Å². The van der Waals surface area contributed by atoms with Gasteiger partial charge in [-0.05, 0) is 36.3 Å². The van der Waals surface area contributed by atoms with Crippen LogP contribution in [-0.4, -0.2) is 17.8 Å². The van der Waals surface area contributed by atoms with Crippen molar-refractivity contribution in [3.05, 3.63) is 35.4 Å². The number of nitrogens with one attached hydrogen (secondary N) is 1. The van der Waals surface area contributed by atoms with Crippen LogP contribution >= 0.6 is 0 Å². The largest absolute Gasteiger partial charge is 0.394 e. The van der Waals surface area contributed by atoms with E-state index in [-0.39, 0.29) is 12.6 Å². The molecule has 1 aromatic carbocycles. The highest BCUT2D eigenvalue weighted by atomic mass is 16.3. The number of aliphatic hydroxyl groups is 1. The zero-order valence-electron chi connectivity index (χ0n) is 10.8. The summed E-state index contributed by atoms with van der Waals surface area (Å²) in [5.74, 6) is 0.694. The Kier molecular flexibility index (Phi) is 4.19. The van der Waals surface area contributed by atoms with Crippen molar-refractivity contribution in [3.63, 3.8) is 0 Å². The Hall–Kier alpha value is -0.860. The normalized spacial score (nSPS) is 17.4. The molecular weight excluding hydrogens is 210 g/mol. The second-order valence-electron chi connectivity index (χ2n) is 5.52. The third-order valence-corrected chi connectivity index (χ3v) is 3.22. The lowest BCUT2D eigenvalue weighted by molar-refractivity contribution is 0.243. The highest BCUT2D eigenvalue weighted by Crippen LogP contribution is 2.24. The van der Waals surface area contributed by atoms with Crippen LogP contribution in [0.1, 0.15) is 43.9 Å². The highest BCUT2D eigenvalue weighted by Gasteiger charge is 2.24. The molecule has 0 saturated heterocycles. The van der Waals surface area contributed by atoms with Crippen LogP contribution in [-0.2, 0) is 6.42 Å². The van der Waals surface area contributed by atoms with E-state index in [0.717, 1.165) is 6.42 Å². The second-order valence-corrected chi connectivity index (χ2v) is 5.52. The van der Waals surface area contributed by atoms with E-state index in [2.05, 4.69) is 43.4 Å². The molecule has 94 valence electrons. The Bertz CT molecular complexity index is 340. The zero-order valence-corrected chi connectivity index (χ0v) is 10.8. The molecule has 0 bridgehead atoms. The monoisotopic (exact) mass is 233 g/mol. The van der Waals surface area contributed by atoms with Gasteiger partial charge in [0.25, 0.3) is 0 Å². The van der Waals surface area contributed by atoms with Crippen LogP contribution in [0.15, 0.2) is 24.3 Å². The van der Waals surface area contributed by atoms with Crippen molar-refractivity contribution in [1.82, 2.24) is 5.32 Å². The number of hydrogen-bond acceptors (Lipinski definition) is 2. The van der Waals surface area contributed by atoms with Gasteiger partial charge in [-0.3, -0.25) is 0 Å². The van der Waals surface area contributed by atoms with Crippen LogP contribution < -0.4 is 5.32 Å². The number of aliphatic hydroxyl groups excluding tert-OH is 1. The summed E-state index contributed by atoms with van der Waals surface area (Å²) in [6.45, 7) is 4.65. The van der Waals surface area contributed by atoms with Gasteiger partial charge < -0.3 is 10.4 Å². The van der Waals surface area contributed by atoms with Gasteiger partial charge in [0, 0.05) is 6.04 Å². The van der Waals surface area contributed by atoms with E-state index in [1.54, 1.807) is 0 Å². The van der Waals surface area contributed by atoms with Gasteiger partial charge in [0.15, 0.2) is 0 Å². The minimum atomic E-state index is 0.107. The Morgan fingerprint density at radius 2 is 1.88 bits per heavy atom. The van der Waals surface area contributed by atoms with Crippen molar-refractivity contribution in [2.75, 3.05) is 6.61 Å². The van der Waals surface area contributed by atoms with E-state index in [1.165, 1.54) is 24.0 Å². The topological polar surface area (TPSA) is 32.3 Å². The van der Waals surface area contributed by atoms with Crippen LogP contribution in [0.25, 0.3) is 0 Å². The van der Waals surface area contributed by atoms with Gasteiger partial charge in [0.05, 0.1) is 12.6 Å². The third-order valence-electron chi connectivity index (χ3n) is 3.22. The van der Waals surface area contributed by atoms with Crippen molar-refractivity contribution >= 4 is 0 Å².